The Kier molecular flexibility index (Phi) is 6.15. The molecule has 34 heavy (non-hydrogen) atoms. The molecule has 8 heteroatoms. The second-order valence-electron chi connectivity index (χ2n) is 8.97. The molecule has 1 N–H and O–H groups in total. The lowest BCUT2D eigenvalue weighted by molar-refractivity contribution is -0.110. The second-order valence-corrected chi connectivity index (χ2v) is 8.97. The Morgan fingerprint density at radius 2 is 1.97 bits per heavy atom. The smallest absolute Gasteiger partial charge is 0.274 e. The first kappa shape index (κ1) is 22.3. The zero-order valence-corrected chi connectivity index (χ0v) is 19.4. The third-order valence-corrected chi connectivity index (χ3v) is 6.39. The predicted molar refractivity (Wildman–Crippen MR) is 130 cm³/mol. The minimum atomic E-state index is -0.327. The number of aryl methyl sites for hydroxylation is 1. The topological polar surface area (TPSA) is 71.8 Å². The standard InChI is InChI=1S/C26H28FN5O2/c1-31-10-7-20(8-11-31)34-21-5-3-4-19(13-21)30-26(33)25-23-14-22(18-15-29-32(2)16-18)24(27)12-17(23)6-9-28-25/h3-5,12-16,20H,6-11H2,1-2H3,(H,30,33). The van der Waals surface area contributed by atoms with Gasteiger partial charge in [-0.15, -0.1) is 0 Å². The molecule has 0 saturated carbocycles. The number of fused-ring (bicyclic) bond motifs is 1. The summed E-state index contributed by atoms with van der Waals surface area (Å²) in [5, 5.41) is 7.08. The lowest BCUT2D eigenvalue weighted by Crippen LogP contribution is -2.35. The summed E-state index contributed by atoms with van der Waals surface area (Å²) in [5.41, 5.74) is 3.45. The van der Waals surface area contributed by atoms with E-state index in [0.29, 0.717) is 41.1 Å². The Bertz CT molecular complexity index is 1240. The minimum absolute atomic E-state index is 0.178. The normalized spacial score (nSPS) is 16.6. The molecular formula is C26H28FN5O2. The van der Waals surface area contributed by atoms with Crippen LogP contribution in [0.2, 0.25) is 0 Å². The third kappa shape index (κ3) is 4.72. The van der Waals surface area contributed by atoms with Crippen molar-refractivity contribution in [2.75, 3.05) is 32.0 Å². The van der Waals surface area contributed by atoms with Gasteiger partial charge in [0.1, 0.15) is 23.4 Å². The van der Waals surface area contributed by atoms with Crippen molar-refractivity contribution in [3.63, 3.8) is 0 Å². The number of rotatable bonds is 5. The van der Waals surface area contributed by atoms with Crippen LogP contribution in [0.3, 0.4) is 0 Å². The van der Waals surface area contributed by atoms with Crippen molar-refractivity contribution in [2.24, 2.45) is 12.0 Å². The van der Waals surface area contributed by atoms with E-state index in [2.05, 4.69) is 27.4 Å². The van der Waals surface area contributed by atoms with Crippen LogP contribution in [-0.2, 0) is 18.3 Å². The molecule has 1 saturated heterocycles. The number of hydrogen-bond donors (Lipinski definition) is 1. The summed E-state index contributed by atoms with van der Waals surface area (Å²) in [6.07, 6.45) is 6.10. The number of carbonyl (C=O) groups excluding carboxylic acids is 1. The van der Waals surface area contributed by atoms with Gasteiger partial charge in [-0.05, 0) is 56.1 Å². The number of aromatic nitrogens is 2. The van der Waals surface area contributed by atoms with Crippen LogP contribution in [0, 0.1) is 5.82 Å². The van der Waals surface area contributed by atoms with E-state index in [1.807, 2.05) is 24.3 Å². The second kappa shape index (κ2) is 9.38. The molecule has 1 aromatic heterocycles. The number of likely N-dealkylation sites (tertiary alicyclic amines) is 1. The van der Waals surface area contributed by atoms with E-state index in [4.69, 9.17) is 4.74 Å². The number of amides is 1. The lowest BCUT2D eigenvalue weighted by atomic mass is 9.93. The van der Waals surface area contributed by atoms with Gasteiger partial charge >= 0.3 is 0 Å². The summed E-state index contributed by atoms with van der Waals surface area (Å²) in [4.78, 5) is 20.0. The Balaban J connectivity index is 1.35. The molecule has 5 rings (SSSR count). The molecule has 2 aliphatic heterocycles. The molecule has 2 aliphatic rings. The van der Waals surface area contributed by atoms with Gasteiger partial charge in [-0.1, -0.05) is 6.07 Å². The fourth-order valence-corrected chi connectivity index (χ4v) is 4.52. The van der Waals surface area contributed by atoms with Gasteiger partial charge in [-0.25, -0.2) is 4.39 Å². The van der Waals surface area contributed by atoms with Gasteiger partial charge in [0, 0.05) is 61.3 Å². The Morgan fingerprint density at radius 1 is 1.15 bits per heavy atom. The number of benzene rings is 2. The summed E-state index contributed by atoms with van der Waals surface area (Å²) in [6.45, 7) is 2.48. The monoisotopic (exact) mass is 461 g/mol. The maximum absolute atomic E-state index is 14.8. The molecule has 0 bridgehead atoms. The fourth-order valence-electron chi connectivity index (χ4n) is 4.52. The van der Waals surface area contributed by atoms with Crippen LogP contribution in [-0.4, -0.2) is 59.1 Å². The van der Waals surface area contributed by atoms with Crippen LogP contribution in [0.25, 0.3) is 11.1 Å². The summed E-state index contributed by atoms with van der Waals surface area (Å²) in [5.74, 6) is 0.0903. The Labute approximate surface area is 198 Å². The van der Waals surface area contributed by atoms with E-state index >= 15 is 0 Å². The summed E-state index contributed by atoms with van der Waals surface area (Å²) in [7, 11) is 3.90. The molecule has 1 fully saturated rings. The minimum Gasteiger partial charge on any atom is -0.490 e. The number of nitrogens with one attached hydrogen (secondary N) is 1. The number of aliphatic imine (C=N–C) groups is 1. The first-order valence-corrected chi connectivity index (χ1v) is 11.6. The van der Waals surface area contributed by atoms with Crippen molar-refractivity contribution in [3.05, 3.63) is 65.7 Å². The number of halogens is 1. The number of piperidine rings is 1. The predicted octanol–water partition coefficient (Wildman–Crippen LogP) is 3.68. The number of nitrogens with zero attached hydrogens (tertiary/aromatic N) is 4. The molecule has 1 amide bonds. The Hall–Kier alpha value is -3.52. The molecule has 2 aromatic carbocycles. The molecular weight excluding hydrogens is 433 g/mol. The van der Waals surface area contributed by atoms with Gasteiger partial charge in [0.05, 0.1) is 6.20 Å². The number of anilines is 1. The maximum Gasteiger partial charge on any atom is 0.274 e. The molecule has 0 spiro atoms. The average molecular weight is 462 g/mol. The zero-order chi connectivity index (χ0) is 23.7. The first-order valence-electron chi connectivity index (χ1n) is 11.6. The third-order valence-electron chi connectivity index (χ3n) is 6.39. The molecule has 3 heterocycles. The molecule has 0 aliphatic carbocycles. The van der Waals surface area contributed by atoms with E-state index in [1.54, 1.807) is 30.2 Å². The number of hydrogen-bond acceptors (Lipinski definition) is 5. The zero-order valence-electron chi connectivity index (χ0n) is 19.4. The van der Waals surface area contributed by atoms with Crippen molar-refractivity contribution in [1.82, 2.24) is 14.7 Å². The lowest BCUT2D eigenvalue weighted by Gasteiger charge is -2.29. The van der Waals surface area contributed by atoms with E-state index in [9.17, 15) is 9.18 Å². The van der Waals surface area contributed by atoms with Gasteiger partial charge in [-0.2, -0.15) is 5.10 Å². The van der Waals surface area contributed by atoms with Gasteiger partial charge in [-0.3, -0.25) is 14.5 Å². The van der Waals surface area contributed by atoms with Crippen molar-refractivity contribution in [2.45, 2.75) is 25.4 Å². The highest BCUT2D eigenvalue weighted by molar-refractivity contribution is 6.49. The van der Waals surface area contributed by atoms with E-state index in [1.165, 1.54) is 6.07 Å². The molecule has 0 atom stereocenters. The van der Waals surface area contributed by atoms with Gasteiger partial charge in [0.2, 0.25) is 0 Å². The van der Waals surface area contributed by atoms with E-state index < -0.39 is 0 Å². The van der Waals surface area contributed by atoms with Gasteiger partial charge in [0.15, 0.2) is 0 Å². The van der Waals surface area contributed by atoms with Crippen molar-refractivity contribution in [1.29, 1.82) is 0 Å². The maximum atomic E-state index is 14.8. The molecule has 0 unspecified atom stereocenters. The quantitative estimate of drug-likeness (QED) is 0.629. The summed E-state index contributed by atoms with van der Waals surface area (Å²) in [6, 6.07) is 10.7. The molecule has 176 valence electrons. The highest BCUT2D eigenvalue weighted by Gasteiger charge is 2.24. The van der Waals surface area contributed by atoms with Crippen LogP contribution >= 0.6 is 0 Å². The van der Waals surface area contributed by atoms with Gasteiger partial charge in [0.25, 0.3) is 5.91 Å². The number of ether oxygens (including phenoxy) is 1. The largest absolute Gasteiger partial charge is 0.490 e. The summed E-state index contributed by atoms with van der Waals surface area (Å²) < 4.78 is 22.6. The van der Waals surface area contributed by atoms with E-state index in [-0.39, 0.29) is 17.8 Å². The van der Waals surface area contributed by atoms with Crippen molar-refractivity contribution in [3.8, 4) is 16.9 Å². The highest BCUT2D eigenvalue weighted by atomic mass is 19.1. The average Bonchev–Trinajstić information content (AvgIpc) is 3.26. The fraction of sp³-hybridized carbons (Fsp3) is 0.346. The highest BCUT2D eigenvalue weighted by Crippen LogP contribution is 2.29. The van der Waals surface area contributed by atoms with Crippen molar-refractivity contribution < 1.29 is 13.9 Å². The van der Waals surface area contributed by atoms with Crippen molar-refractivity contribution >= 4 is 17.3 Å². The molecule has 3 aromatic rings. The van der Waals surface area contributed by atoms with Crippen LogP contribution in [0.1, 0.15) is 24.0 Å². The number of carbonyl (C=O) groups is 1. The Morgan fingerprint density at radius 3 is 2.74 bits per heavy atom. The van der Waals surface area contributed by atoms with Crippen LogP contribution < -0.4 is 10.1 Å². The van der Waals surface area contributed by atoms with Crippen LogP contribution in [0.15, 0.2) is 53.8 Å². The van der Waals surface area contributed by atoms with E-state index in [0.717, 1.165) is 37.2 Å². The van der Waals surface area contributed by atoms with Crippen LogP contribution in [0.4, 0.5) is 10.1 Å². The van der Waals surface area contributed by atoms with Gasteiger partial charge < -0.3 is 15.0 Å². The molecule has 0 radical (unpaired) electrons. The summed E-state index contributed by atoms with van der Waals surface area (Å²) >= 11 is 0. The van der Waals surface area contributed by atoms with Crippen LogP contribution in [0.5, 0.6) is 5.75 Å². The first-order chi connectivity index (χ1) is 16.5. The SMILES string of the molecule is CN1CCC(Oc2cccc(NC(=O)C3=NCCc4cc(F)c(-c5cnn(C)c5)cc43)c2)CC1. The molecule has 7 nitrogen and oxygen atoms in total.